The summed E-state index contributed by atoms with van der Waals surface area (Å²) in [5.74, 6) is 0. The van der Waals surface area contributed by atoms with E-state index in [-0.39, 0.29) is 0 Å². The van der Waals surface area contributed by atoms with E-state index in [0.717, 1.165) is 4.47 Å². The molecule has 0 N–H and O–H groups in total. The first-order valence-corrected chi connectivity index (χ1v) is 8.53. The molecule has 1 aromatic heterocycles. The summed E-state index contributed by atoms with van der Waals surface area (Å²) in [6, 6.07) is 21.5. The van der Waals surface area contributed by atoms with E-state index in [0.29, 0.717) is 0 Å². The van der Waals surface area contributed by atoms with Crippen LogP contribution in [0, 0.1) is 3.57 Å². The predicted octanol–water partition coefficient (Wildman–Crippen LogP) is 6.45. The fourth-order valence-electron chi connectivity index (χ4n) is 1.88. The highest BCUT2D eigenvalue weighted by Gasteiger charge is 2.04. The van der Waals surface area contributed by atoms with Gasteiger partial charge in [0.2, 0.25) is 0 Å². The molecule has 0 amide bonds. The monoisotopic (exact) mass is 440 g/mol. The molecule has 0 aliphatic rings. The molecule has 0 spiro atoms. The molecule has 19 heavy (non-hydrogen) atoms. The molecular weight excluding hydrogens is 431 g/mol. The van der Waals surface area contributed by atoms with Gasteiger partial charge in [0, 0.05) is 17.8 Å². The van der Waals surface area contributed by atoms with Crippen molar-refractivity contribution in [2.24, 2.45) is 0 Å². The van der Waals surface area contributed by atoms with Gasteiger partial charge in [-0.25, -0.2) is 0 Å². The SMILES string of the molecule is Brc1ccc(-c2ccc(-c3ccc(I)cc3)s2)cc1. The van der Waals surface area contributed by atoms with E-state index in [1.165, 1.54) is 24.5 Å². The van der Waals surface area contributed by atoms with Crippen LogP contribution < -0.4 is 0 Å². The molecule has 0 nitrogen and oxygen atoms in total. The lowest BCUT2D eigenvalue weighted by Gasteiger charge is -1.98. The summed E-state index contributed by atoms with van der Waals surface area (Å²) in [6.07, 6.45) is 0. The van der Waals surface area contributed by atoms with Crippen LogP contribution in [-0.2, 0) is 0 Å². The van der Waals surface area contributed by atoms with Gasteiger partial charge in [-0.15, -0.1) is 11.3 Å². The first-order valence-electron chi connectivity index (χ1n) is 5.84. The quantitative estimate of drug-likeness (QED) is 0.401. The Morgan fingerprint density at radius 2 is 1.16 bits per heavy atom. The normalized spacial score (nSPS) is 10.6. The molecule has 0 unspecified atom stereocenters. The van der Waals surface area contributed by atoms with Crippen molar-refractivity contribution in [1.82, 2.24) is 0 Å². The van der Waals surface area contributed by atoms with Gasteiger partial charge in [-0.2, -0.15) is 0 Å². The van der Waals surface area contributed by atoms with Crippen LogP contribution in [0.4, 0.5) is 0 Å². The number of hydrogen-bond acceptors (Lipinski definition) is 1. The van der Waals surface area contributed by atoms with E-state index >= 15 is 0 Å². The Balaban J connectivity index is 1.95. The van der Waals surface area contributed by atoms with E-state index in [4.69, 9.17) is 0 Å². The first-order chi connectivity index (χ1) is 9.22. The summed E-state index contributed by atoms with van der Waals surface area (Å²) < 4.78 is 2.39. The van der Waals surface area contributed by atoms with Crippen molar-refractivity contribution in [3.8, 4) is 20.9 Å². The number of rotatable bonds is 2. The Morgan fingerprint density at radius 3 is 1.68 bits per heavy atom. The van der Waals surface area contributed by atoms with E-state index in [1.807, 2.05) is 11.3 Å². The van der Waals surface area contributed by atoms with Crippen molar-refractivity contribution in [3.63, 3.8) is 0 Å². The fraction of sp³-hybridized carbons (Fsp3) is 0. The topological polar surface area (TPSA) is 0 Å². The van der Waals surface area contributed by atoms with E-state index < -0.39 is 0 Å². The number of halogens is 2. The Kier molecular flexibility index (Phi) is 4.05. The molecule has 0 atom stereocenters. The lowest BCUT2D eigenvalue weighted by atomic mass is 10.2. The minimum absolute atomic E-state index is 1.12. The molecule has 2 aromatic carbocycles. The van der Waals surface area contributed by atoms with Crippen molar-refractivity contribution < 1.29 is 0 Å². The summed E-state index contributed by atoms with van der Waals surface area (Å²) in [4.78, 5) is 2.62. The predicted molar refractivity (Wildman–Crippen MR) is 95.6 cm³/mol. The molecular formula is C16H10BrIS. The fourth-order valence-corrected chi connectivity index (χ4v) is 3.52. The second kappa shape index (κ2) is 5.77. The lowest BCUT2D eigenvalue weighted by Crippen LogP contribution is -1.72. The summed E-state index contributed by atoms with van der Waals surface area (Å²) in [5.41, 5.74) is 2.55. The summed E-state index contributed by atoms with van der Waals surface area (Å²) >= 11 is 7.63. The highest BCUT2D eigenvalue weighted by molar-refractivity contribution is 14.1. The maximum atomic E-state index is 3.47. The minimum atomic E-state index is 1.12. The van der Waals surface area contributed by atoms with Crippen LogP contribution in [0.25, 0.3) is 20.9 Å². The Hall–Kier alpha value is -0.650. The second-order valence-electron chi connectivity index (χ2n) is 4.18. The van der Waals surface area contributed by atoms with Crippen molar-refractivity contribution in [2.75, 3.05) is 0 Å². The molecule has 0 radical (unpaired) electrons. The van der Waals surface area contributed by atoms with E-state index in [9.17, 15) is 0 Å². The summed E-state index contributed by atoms with van der Waals surface area (Å²) in [5, 5.41) is 0. The summed E-state index contributed by atoms with van der Waals surface area (Å²) in [7, 11) is 0. The van der Waals surface area contributed by atoms with Gasteiger partial charge in [0.25, 0.3) is 0 Å². The van der Waals surface area contributed by atoms with Crippen LogP contribution in [0.3, 0.4) is 0 Å². The van der Waals surface area contributed by atoms with E-state index in [2.05, 4.69) is 99.2 Å². The third kappa shape index (κ3) is 3.09. The molecule has 0 saturated heterocycles. The average molecular weight is 441 g/mol. The second-order valence-corrected chi connectivity index (χ2v) is 7.42. The van der Waals surface area contributed by atoms with Gasteiger partial charge < -0.3 is 0 Å². The Labute approximate surface area is 138 Å². The van der Waals surface area contributed by atoms with Crippen LogP contribution in [0.1, 0.15) is 0 Å². The average Bonchev–Trinajstić information content (AvgIpc) is 2.90. The van der Waals surface area contributed by atoms with Gasteiger partial charge in [-0.05, 0) is 70.1 Å². The Bertz CT molecular complexity index is 624. The molecule has 0 bridgehead atoms. The van der Waals surface area contributed by atoms with Crippen molar-refractivity contribution in [1.29, 1.82) is 0 Å². The number of benzene rings is 2. The highest BCUT2D eigenvalue weighted by Crippen LogP contribution is 2.34. The van der Waals surface area contributed by atoms with Crippen LogP contribution in [-0.4, -0.2) is 0 Å². The lowest BCUT2D eigenvalue weighted by molar-refractivity contribution is 1.64. The summed E-state index contributed by atoms with van der Waals surface area (Å²) in [6.45, 7) is 0. The molecule has 0 saturated carbocycles. The van der Waals surface area contributed by atoms with Crippen LogP contribution in [0.2, 0.25) is 0 Å². The van der Waals surface area contributed by atoms with Gasteiger partial charge in [0.1, 0.15) is 0 Å². The van der Waals surface area contributed by atoms with Crippen molar-refractivity contribution in [3.05, 3.63) is 68.7 Å². The minimum Gasteiger partial charge on any atom is -0.135 e. The van der Waals surface area contributed by atoms with Crippen molar-refractivity contribution >= 4 is 49.9 Å². The van der Waals surface area contributed by atoms with Gasteiger partial charge >= 0.3 is 0 Å². The number of hydrogen-bond donors (Lipinski definition) is 0. The van der Waals surface area contributed by atoms with Crippen LogP contribution >= 0.6 is 49.9 Å². The zero-order valence-electron chi connectivity index (χ0n) is 9.94. The first kappa shape index (κ1) is 13.3. The third-order valence-corrected chi connectivity index (χ3v) is 5.29. The molecule has 3 heteroatoms. The van der Waals surface area contributed by atoms with Gasteiger partial charge in [0.15, 0.2) is 0 Å². The highest BCUT2D eigenvalue weighted by atomic mass is 127. The smallest absolute Gasteiger partial charge is 0.0349 e. The van der Waals surface area contributed by atoms with Crippen molar-refractivity contribution in [2.45, 2.75) is 0 Å². The molecule has 3 aromatic rings. The largest absolute Gasteiger partial charge is 0.135 e. The van der Waals surface area contributed by atoms with E-state index in [1.54, 1.807) is 0 Å². The zero-order valence-corrected chi connectivity index (χ0v) is 14.5. The van der Waals surface area contributed by atoms with Gasteiger partial charge in [-0.3, -0.25) is 0 Å². The van der Waals surface area contributed by atoms with Gasteiger partial charge in [0.05, 0.1) is 0 Å². The molecule has 3 rings (SSSR count). The maximum Gasteiger partial charge on any atom is 0.0349 e. The zero-order chi connectivity index (χ0) is 13.2. The third-order valence-electron chi connectivity index (χ3n) is 2.86. The number of thiophene rings is 1. The molecule has 0 fully saturated rings. The molecule has 0 aliphatic heterocycles. The standard InChI is InChI=1S/C16H10BrIS/c17-13-5-1-11(2-6-13)15-9-10-16(19-15)12-3-7-14(18)8-4-12/h1-10H. The maximum absolute atomic E-state index is 3.47. The van der Waals surface area contributed by atoms with Crippen LogP contribution in [0.15, 0.2) is 65.1 Å². The molecule has 0 aliphatic carbocycles. The molecule has 94 valence electrons. The molecule has 1 heterocycles. The Morgan fingerprint density at radius 1 is 0.684 bits per heavy atom. The van der Waals surface area contributed by atoms with Gasteiger partial charge in [-0.1, -0.05) is 40.2 Å². The van der Waals surface area contributed by atoms with Crippen LogP contribution in [0.5, 0.6) is 0 Å².